The molecule has 5 rings (SSSR count). The van der Waals surface area contributed by atoms with Crippen LogP contribution in [0.15, 0.2) is 97.1 Å². The number of aromatic carboxylic acids is 2. The highest BCUT2D eigenvalue weighted by Crippen LogP contribution is 2.37. The minimum atomic E-state index is -0.974. The first-order valence-corrected chi connectivity index (χ1v) is 11.1. The summed E-state index contributed by atoms with van der Waals surface area (Å²) in [5.74, 6) is -0.837. The van der Waals surface area contributed by atoms with E-state index in [-0.39, 0.29) is 11.1 Å². The lowest BCUT2D eigenvalue weighted by molar-refractivity contribution is 0.0684. The molecule has 0 heterocycles. The van der Waals surface area contributed by atoms with Crippen LogP contribution in [-0.4, -0.2) is 36.4 Å². The molecule has 0 bridgehead atoms. The Labute approximate surface area is 208 Å². The summed E-state index contributed by atoms with van der Waals surface area (Å²) >= 11 is 0. The van der Waals surface area contributed by atoms with Gasteiger partial charge in [-0.3, -0.25) is 0 Å². The summed E-state index contributed by atoms with van der Waals surface area (Å²) in [6.45, 7) is 0. The van der Waals surface area contributed by atoms with Crippen LogP contribution in [-0.2, 0) is 0 Å². The monoisotopic (exact) mass is 480 g/mol. The van der Waals surface area contributed by atoms with Crippen LogP contribution in [0.5, 0.6) is 11.5 Å². The molecule has 0 amide bonds. The summed E-state index contributed by atoms with van der Waals surface area (Å²) in [4.78, 5) is 22.5. The van der Waals surface area contributed by atoms with E-state index in [1.807, 2.05) is 78.9 Å². The van der Waals surface area contributed by atoms with Gasteiger partial charge in [-0.05, 0) is 34.4 Å². The number of rotatable bonds is 5. The Morgan fingerprint density at radius 1 is 0.583 bits per heavy atom. The van der Waals surface area contributed by atoms with E-state index in [2.05, 4.69) is 0 Å². The van der Waals surface area contributed by atoms with Gasteiger partial charge in [-0.25, -0.2) is 9.59 Å². The smallest absolute Gasteiger partial charge is 0.339 e. The maximum atomic E-state index is 11.6. The lowest BCUT2D eigenvalue weighted by atomic mass is 9.93. The van der Waals surface area contributed by atoms with Crippen molar-refractivity contribution in [3.8, 4) is 22.6 Å². The number of hydrogen-bond acceptors (Lipinski definition) is 4. The van der Waals surface area contributed by atoms with Crippen molar-refractivity contribution >= 4 is 33.5 Å². The molecule has 36 heavy (non-hydrogen) atoms. The Hall–Kier alpha value is -4.84. The first kappa shape index (κ1) is 24.3. The van der Waals surface area contributed by atoms with Gasteiger partial charge in [0.05, 0.1) is 19.8 Å². The number of carbonyl (C=O) groups is 2. The number of ether oxygens (including phenoxy) is 2. The maximum Gasteiger partial charge on any atom is 0.339 e. The number of fused-ring (bicyclic) bond motifs is 2. The lowest BCUT2D eigenvalue weighted by Crippen LogP contribution is -2.01. The molecule has 0 atom stereocenters. The van der Waals surface area contributed by atoms with Crippen molar-refractivity contribution in [3.63, 3.8) is 0 Å². The largest absolute Gasteiger partial charge is 0.496 e. The van der Waals surface area contributed by atoms with Crippen molar-refractivity contribution in [3.05, 3.63) is 108 Å². The molecule has 0 aromatic heterocycles. The van der Waals surface area contributed by atoms with Gasteiger partial charge in [0.2, 0.25) is 0 Å². The van der Waals surface area contributed by atoms with Crippen LogP contribution in [0.25, 0.3) is 32.7 Å². The quantitative estimate of drug-likeness (QED) is 0.289. The third-order valence-corrected chi connectivity index (χ3v) is 5.85. The third kappa shape index (κ3) is 4.70. The van der Waals surface area contributed by atoms with Crippen molar-refractivity contribution in [2.24, 2.45) is 0 Å². The zero-order valence-electron chi connectivity index (χ0n) is 19.8. The lowest BCUT2D eigenvalue weighted by Gasteiger charge is -2.14. The third-order valence-electron chi connectivity index (χ3n) is 5.85. The van der Waals surface area contributed by atoms with Crippen LogP contribution >= 0.6 is 0 Å². The molecule has 0 spiro atoms. The fourth-order valence-electron chi connectivity index (χ4n) is 4.22. The SMILES string of the molecule is COc1c(C(=O)O)ccc2ccccc12.COc1ccccc1-c1c(C(=O)O)ccc2ccccc12. The second-order valence-electron chi connectivity index (χ2n) is 7.89. The Bertz CT molecular complexity index is 1570. The molecule has 0 aliphatic rings. The van der Waals surface area contributed by atoms with Crippen molar-refractivity contribution in [2.45, 2.75) is 0 Å². The van der Waals surface area contributed by atoms with Crippen molar-refractivity contribution in [2.75, 3.05) is 14.2 Å². The van der Waals surface area contributed by atoms with E-state index in [1.54, 1.807) is 25.3 Å². The highest BCUT2D eigenvalue weighted by Gasteiger charge is 2.18. The fourth-order valence-corrected chi connectivity index (χ4v) is 4.22. The van der Waals surface area contributed by atoms with E-state index in [9.17, 15) is 14.7 Å². The highest BCUT2D eigenvalue weighted by molar-refractivity contribution is 6.08. The molecule has 0 saturated carbocycles. The van der Waals surface area contributed by atoms with E-state index < -0.39 is 11.9 Å². The maximum absolute atomic E-state index is 11.6. The zero-order chi connectivity index (χ0) is 25.7. The summed E-state index contributed by atoms with van der Waals surface area (Å²) in [6.07, 6.45) is 0. The summed E-state index contributed by atoms with van der Waals surface area (Å²) in [6, 6.07) is 29.6. The number of carboxylic acids is 2. The molecule has 5 aromatic rings. The molecule has 0 saturated heterocycles. The van der Waals surface area contributed by atoms with Gasteiger partial charge in [0.25, 0.3) is 0 Å². The Morgan fingerprint density at radius 2 is 1.11 bits per heavy atom. The fraction of sp³-hybridized carbons (Fsp3) is 0.0667. The first-order chi connectivity index (χ1) is 17.5. The average Bonchev–Trinajstić information content (AvgIpc) is 2.91. The number of benzene rings is 5. The number of carboxylic acid groups (broad SMARTS) is 2. The molecule has 0 radical (unpaired) electrons. The molecule has 2 N–H and O–H groups in total. The zero-order valence-corrected chi connectivity index (χ0v) is 19.8. The number of hydrogen-bond donors (Lipinski definition) is 2. The van der Waals surface area contributed by atoms with Gasteiger partial charge in [0.1, 0.15) is 17.1 Å². The van der Waals surface area contributed by atoms with Crippen molar-refractivity contribution < 1.29 is 29.3 Å². The Morgan fingerprint density at radius 3 is 1.72 bits per heavy atom. The Kier molecular flexibility index (Phi) is 7.16. The van der Waals surface area contributed by atoms with Crippen molar-refractivity contribution in [1.82, 2.24) is 0 Å². The van der Waals surface area contributed by atoms with Gasteiger partial charge >= 0.3 is 11.9 Å². The molecule has 6 heteroatoms. The highest BCUT2D eigenvalue weighted by atomic mass is 16.5. The molecular weight excluding hydrogens is 456 g/mol. The van der Waals surface area contributed by atoms with Gasteiger partial charge in [-0.2, -0.15) is 0 Å². The van der Waals surface area contributed by atoms with Gasteiger partial charge in [-0.15, -0.1) is 0 Å². The molecule has 5 aromatic carbocycles. The van der Waals surface area contributed by atoms with E-state index in [4.69, 9.17) is 14.6 Å². The predicted octanol–water partition coefficient (Wildman–Crippen LogP) is 6.76. The van der Waals surface area contributed by atoms with E-state index >= 15 is 0 Å². The molecule has 0 aliphatic carbocycles. The summed E-state index contributed by atoms with van der Waals surface area (Å²) in [5.41, 5.74) is 1.95. The van der Waals surface area contributed by atoms with Crippen LogP contribution in [0, 0.1) is 0 Å². The van der Waals surface area contributed by atoms with Gasteiger partial charge < -0.3 is 19.7 Å². The summed E-state index contributed by atoms with van der Waals surface area (Å²) in [7, 11) is 3.07. The van der Waals surface area contributed by atoms with Crippen LogP contribution < -0.4 is 9.47 Å². The van der Waals surface area contributed by atoms with Crippen LogP contribution in [0.4, 0.5) is 0 Å². The van der Waals surface area contributed by atoms with Crippen LogP contribution in [0.2, 0.25) is 0 Å². The van der Waals surface area contributed by atoms with Crippen LogP contribution in [0.1, 0.15) is 20.7 Å². The molecular formula is C30H24O6. The second-order valence-corrected chi connectivity index (χ2v) is 7.89. The van der Waals surface area contributed by atoms with E-state index in [1.165, 1.54) is 7.11 Å². The molecule has 0 fully saturated rings. The van der Waals surface area contributed by atoms with Gasteiger partial charge in [0.15, 0.2) is 0 Å². The minimum absolute atomic E-state index is 0.191. The van der Waals surface area contributed by atoms with E-state index in [0.29, 0.717) is 17.1 Å². The first-order valence-electron chi connectivity index (χ1n) is 11.1. The number of methoxy groups -OCH3 is 2. The summed E-state index contributed by atoms with van der Waals surface area (Å²) < 4.78 is 10.5. The minimum Gasteiger partial charge on any atom is -0.496 e. The molecule has 0 aliphatic heterocycles. The van der Waals surface area contributed by atoms with Gasteiger partial charge in [-0.1, -0.05) is 78.9 Å². The Balaban J connectivity index is 0.000000179. The van der Waals surface area contributed by atoms with Crippen molar-refractivity contribution in [1.29, 1.82) is 0 Å². The normalized spacial score (nSPS) is 10.4. The van der Waals surface area contributed by atoms with E-state index in [0.717, 1.165) is 27.1 Å². The predicted molar refractivity (Wildman–Crippen MR) is 140 cm³/mol. The van der Waals surface area contributed by atoms with Crippen LogP contribution in [0.3, 0.4) is 0 Å². The second kappa shape index (κ2) is 10.6. The summed E-state index contributed by atoms with van der Waals surface area (Å²) in [5, 5.41) is 22.2. The molecule has 180 valence electrons. The number of para-hydroxylation sites is 1. The van der Waals surface area contributed by atoms with Gasteiger partial charge in [0, 0.05) is 16.5 Å². The topological polar surface area (TPSA) is 93.1 Å². The average molecular weight is 481 g/mol. The molecule has 6 nitrogen and oxygen atoms in total. The molecule has 0 unspecified atom stereocenters. The standard InChI is InChI=1S/C18H14O3.C12H10O3/c1-21-16-9-5-4-8-14(16)17-13-7-3-2-6-12(13)10-11-15(17)18(19)20;1-15-11-9-5-3-2-4-8(9)6-7-10(11)12(13)14/h2-11H,1H3,(H,19,20);2-7H,1H3,(H,13,14).